The van der Waals surface area contributed by atoms with Gasteiger partial charge in [0, 0.05) is 13.0 Å². The van der Waals surface area contributed by atoms with Crippen LogP contribution in [0.2, 0.25) is 5.02 Å². The van der Waals surface area contributed by atoms with E-state index < -0.39 is 15.6 Å². The van der Waals surface area contributed by atoms with Gasteiger partial charge in [0.15, 0.2) is 0 Å². The molecule has 1 aliphatic rings. The number of ether oxygens (including phenoxy) is 1. The maximum absolute atomic E-state index is 12.5. The van der Waals surface area contributed by atoms with Gasteiger partial charge in [-0.05, 0) is 42.2 Å². The Balaban J connectivity index is 1.73. The molecule has 5 nitrogen and oxygen atoms in total. The quantitative estimate of drug-likeness (QED) is 0.834. The van der Waals surface area contributed by atoms with Crippen LogP contribution >= 0.6 is 11.6 Å². The van der Waals surface area contributed by atoms with Gasteiger partial charge in [0.25, 0.3) is 0 Å². The number of benzene rings is 2. The van der Waals surface area contributed by atoms with E-state index in [1.807, 2.05) is 24.3 Å². The molecule has 3 rings (SSSR count). The fraction of sp³-hybridized carbons (Fsp3) is 0.333. The number of aliphatic hydroxyl groups is 1. The van der Waals surface area contributed by atoms with Gasteiger partial charge in [-0.15, -0.1) is 0 Å². The van der Waals surface area contributed by atoms with E-state index in [0.717, 1.165) is 12.0 Å². The van der Waals surface area contributed by atoms with Crippen molar-refractivity contribution >= 4 is 21.6 Å². The normalized spacial score (nSPS) is 20.1. The highest BCUT2D eigenvalue weighted by Crippen LogP contribution is 2.30. The van der Waals surface area contributed by atoms with Gasteiger partial charge in [0.2, 0.25) is 10.0 Å². The average Bonchev–Trinajstić information content (AvgIpc) is 2.60. The van der Waals surface area contributed by atoms with Crippen LogP contribution < -0.4 is 9.46 Å². The first-order valence-corrected chi connectivity index (χ1v) is 9.81. The van der Waals surface area contributed by atoms with Gasteiger partial charge in [-0.1, -0.05) is 35.9 Å². The Labute approximate surface area is 152 Å². The summed E-state index contributed by atoms with van der Waals surface area (Å²) in [6.45, 7) is -0.0483. The second-order valence-corrected chi connectivity index (χ2v) is 8.46. The van der Waals surface area contributed by atoms with E-state index in [1.54, 1.807) is 0 Å². The maximum Gasteiger partial charge on any atom is 0.240 e. The minimum atomic E-state index is -3.77. The molecule has 25 heavy (non-hydrogen) atoms. The predicted octanol–water partition coefficient (Wildman–Crippen LogP) is 2.55. The zero-order valence-corrected chi connectivity index (χ0v) is 15.4. The van der Waals surface area contributed by atoms with E-state index in [0.29, 0.717) is 18.6 Å². The van der Waals surface area contributed by atoms with Crippen LogP contribution in [0, 0.1) is 0 Å². The summed E-state index contributed by atoms with van der Waals surface area (Å²) < 4.78 is 32.5. The summed E-state index contributed by atoms with van der Waals surface area (Å²) in [5.74, 6) is 0.406. The smallest absolute Gasteiger partial charge is 0.240 e. The van der Waals surface area contributed by atoms with E-state index >= 15 is 0 Å². The van der Waals surface area contributed by atoms with E-state index in [2.05, 4.69) is 4.72 Å². The predicted molar refractivity (Wildman–Crippen MR) is 96.6 cm³/mol. The molecule has 0 aliphatic heterocycles. The first-order valence-electron chi connectivity index (χ1n) is 7.95. The van der Waals surface area contributed by atoms with Crippen molar-refractivity contribution in [3.63, 3.8) is 0 Å². The number of halogens is 1. The van der Waals surface area contributed by atoms with Crippen molar-refractivity contribution in [1.29, 1.82) is 0 Å². The molecule has 7 heteroatoms. The van der Waals surface area contributed by atoms with Crippen LogP contribution in [0.25, 0.3) is 0 Å². The average molecular weight is 382 g/mol. The number of fused-ring (bicyclic) bond motifs is 1. The highest BCUT2D eigenvalue weighted by Gasteiger charge is 2.33. The third-order valence-corrected chi connectivity index (χ3v) is 6.22. The lowest BCUT2D eigenvalue weighted by Crippen LogP contribution is -2.46. The van der Waals surface area contributed by atoms with Crippen molar-refractivity contribution in [1.82, 2.24) is 4.72 Å². The summed E-state index contributed by atoms with van der Waals surface area (Å²) in [4.78, 5) is 0.0399. The highest BCUT2D eigenvalue weighted by atomic mass is 35.5. The summed E-state index contributed by atoms with van der Waals surface area (Å²) in [5.41, 5.74) is 1.16. The second-order valence-electron chi connectivity index (χ2n) is 6.29. The molecule has 1 unspecified atom stereocenters. The first kappa shape index (κ1) is 18.2. The highest BCUT2D eigenvalue weighted by molar-refractivity contribution is 7.89. The second kappa shape index (κ2) is 6.96. The third kappa shape index (κ3) is 3.98. The van der Waals surface area contributed by atoms with Crippen LogP contribution in [0.5, 0.6) is 5.75 Å². The molecule has 134 valence electrons. The van der Waals surface area contributed by atoms with Gasteiger partial charge in [-0.2, -0.15) is 0 Å². The molecule has 0 amide bonds. The lowest BCUT2D eigenvalue weighted by molar-refractivity contribution is 0.0317. The van der Waals surface area contributed by atoms with Gasteiger partial charge >= 0.3 is 0 Å². The van der Waals surface area contributed by atoms with Crippen molar-refractivity contribution in [3.05, 3.63) is 58.6 Å². The number of hydrogen-bond donors (Lipinski definition) is 2. The molecule has 2 aromatic rings. The van der Waals surface area contributed by atoms with Crippen molar-refractivity contribution in [3.8, 4) is 5.75 Å². The number of hydrogen-bond acceptors (Lipinski definition) is 4. The Morgan fingerprint density at radius 3 is 2.64 bits per heavy atom. The molecule has 0 fully saturated rings. The number of nitrogens with one attached hydrogen (secondary N) is 1. The lowest BCUT2D eigenvalue weighted by Gasteiger charge is -2.33. The minimum absolute atomic E-state index is 0.0399. The molecular formula is C18H20ClNO4S. The molecule has 0 radical (unpaired) electrons. The SMILES string of the molecule is COc1ccc(S(=O)(=O)NCC2(O)CCc3ccccc3C2)cc1Cl. The van der Waals surface area contributed by atoms with Gasteiger partial charge in [-0.25, -0.2) is 13.1 Å². The van der Waals surface area contributed by atoms with Crippen LogP contribution in [0.3, 0.4) is 0 Å². The number of sulfonamides is 1. The number of methoxy groups -OCH3 is 1. The van der Waals surface area contributed by atoms with E-state index in [4.69, 9.17) is 16.3 Å². The zero-order valence-electron chi connectivity index (χ0n) is 13.8. The molecule has 1 atom stereocenters. The van der Waals surface area contributed by atoms with Gasteiger partial charge in [-0.3, -0.25) is 0 Å². The summed E-state index contributed by atoms with van der Waals surface area (Å²) in [5, 5.41) is 11.0. The van der Waals surface area contributed by atoms with Crippen molar-refractivity contribution < 1.29 is 18.3 Å². The third-order valence-electron chi connectivity index (χ3n) is 4.52. The molecular weight excluding hydrogens is 362 g/mol. The Kier molecular flexibility index (Phi) is 5.06. The lowest BCUT2D eigenvalue weighted by atomic mass is 9.80. The van der Waals surface area contributed by atoms with Crippen molar-refractivity contribution in [2.45, 2.75) is 29.8 Å². The summed E-state index contributed by atoms with van der Waals surface area (Å²) in [6.07, 6.45) is 1.66. The molecule has 2 aromatic carbocycles. The minimum Gasteiger partial charge on any atom is -0.495 e. The van der Waals surface area contributed by atoms with Gasteiger partial charge in [0.05, 0.1) is 22.6 Å². The fourth-order valence-electron chi connectivity index (χ4n) is 3.06. The molecule has 0 heterocycles. The number of rotatable bonds is 5. The van der Waals surface area contributed by atoms with Crippen LogP contribution in [0.4, 0.5) is 0 Å². The van der Waals surface area contributed by atoms with E-state index in [-0.39, 0.29) is 16.5 Å². The molecule has 1 aliphatic carbocycles. The van der Waals surface area contributed by atoms with Crippen LogP contribution in [0.15, 0.2) is 47.4 Å². The standard InChI is InChI=1S/C18H20ClNO4S/c1-24-17-7-6-15(10-16(17)19)25(22,23)20-12-18(21)9-8-13-4-2-3-5-14(13)11-18/h2-7,10,20-21H,8-9,11-12H2,1H3. The number of aryl methyl sites for hydroxylation is 1. The molecule has 0 saturated carbocycles. The van der Waals surface area contributed by atoms with Gasteiger partial charge in [0.1, 0.15) is 5.75 Å². The molecule has 0 spiro atoms. The zero-order chi connectivity index (χ0) is 18.1. The largest absolute Gasteiger partial charge is 0.495 e. The molecule has 0 saturated heterocycles. The van der Waals surface area contributed by atoms with Crippen LogP contribution in [-0.4, -0.2) is 32.8 Å². The summed E-state index contributed by atoms with van der Waals surface area (Å²) in [6, 6.07) is 12.2. The molecule has 2 N–H and O–H groups in total. The first-order chi connectivity index (χ1) is 11.8. The Hall–Kier alpha value is -1.60. The summed E-state index contributed by atoms with van der Waals surface area (Å²) >= 11 is 6.00. The van der Waals surface area contributed by atoms with Crippen molar-refractivity contribution in [2.75, 3.05) is 13.7 Å². The van der Waals surface area contributed by atoms with E-state index in [1.165, 1.54) is 30.9 Å². The fourth-order valence-corrected chi connectivity index (χ4v) is 4.53. The van der Waals surface area contributed by atoms with E-state index in [9.17, 15) is 13.5 Å². The Bertz CT molecular complexity index is 884. The maximum atomic E-state index is 12.5. The monoisotopic (exact) mass is 381 g/mol. The molecule has 0 bridgehead atoms. The Morgan fingerprint density at radius 2 is 1.96 bits per heavy atom. The van der Waals surface area contributed by atoms with Crippen LogP contribution in [-0.2, 0) is 22.9 Å². The molecule has 0 aromatic heterocycles. The Morgan fingerprint density at radius 1 is 1.24 bits per heavy atom. The summed E-state index contributed by atoms with van der Waals surface area (Å²) in [7, 11) is -2.31. The van der Waals surface area contributed by atoms with Gasteiger partial charge < -0.3 is 9.84 Å². The van der Waals surface area contributed by atoms with Crippen LogP contribution in [0.1, 0.15) is 17.5 Å². The van der Waals surface area contributed by atoms with Crippen molar-refractivity contribution in [2.24, 2.45) is 0 Å². The topological polar surface area (TPSA) is 75.6 Å².